The second-order valence-electron chi connectivity index (χ2n) is 9.38. The third-order valence-corrected chi connectivity index (χ3v) is 8.07. The Labute approximate surface area is 203 Å². The van der Waals surface area contributed by atoms with Gasteiger partial charge in [0.1, 0.15) is 6.04 Å². The van der Waals surface area contributed by atoms with Crippen molar-refractivity contribution in [2.75, 3.05) is 26.7 Å². The van der Waals surface area contributed by atoms with Crippen molar-refractivity contribution in [3.05, 3.63) is 29.3 Å². The number of nitriles is 1. The molecule has 2 amide bonds. The molecule has 5 atom stereocenters. The van der Waals surface area contributed by atoms with E-state index in [2.05, 4.69) is 33.5 Å². The molecular formula is C23H30N6O4S. The number of carbonyl (C=O) groups excluding carboxylic acids is 2. The summed E-state index contributed by atoms with van der Waals surface area (Å²) in [7, 11) is 1.62. The minimum atomic E-state index is -0.716. The van der Waals surface area contributed by atoms with E-state index in [1.807, 2.05) is 6.07 Å². The van der Waals surface area contributed by atoms with E-state index in [9.17, 15) is 14.9 Å². The first kappa shape index (κ1) is 23.5. The summed E-state index contributed by atoms with van der Waals surface area (Å²) in [5, 5.41) is 9.28. The van der Waals surface area contributed by atoms with Crippen molar-refractivity contribution in [2.24, 2.45) is 5.73 Å². The summed E-state index contributed by atoms with van der Waals surface area (Å²) < 4.78 is 5.00. The van der Waals surface area contributed by atoms with Crippen LogP contribution in [0.25, 0.3) is 0 Å². The van der Waals surface area contributed by atoms with Crippen molar-refractivity contribution in [2.45, 2.75) is 67.2 Å². The fourth-order valence-electron chi connectivity index (χ4n) is 6.01. The summed E-state index contributed by atoms with van der Waals surface area (Å²) in [5.41, 5.74) is 11.2. The largest absolute Gasteiger partial charge is 0.330 e. The number of fused-ring (bicyclic) bond motifs is 3. The Hall–Kier alpha value is -2.20. The van der Waals surface area contributed by atoms with Gasteiger partial charge >= 0.3 is 0 Å². The normalized spacial score (nSPS) is 29.0. The highest BCUT2D eigenvalue weighted by Crippen LogP contribution is 2.44. The molecule has 1 aromatic carbocycles. The van der Waals surface area contributed by atoms with Gasteiger partial charge < -0.3 is 15.5 Å². The number of nitrogens with two attached hydrogens (primary N) is 1. The van der Waals surface area contributed by atoms with Gasteiger partial charge in [-0.1, -0.05) is 6.07 Å². The van der Waals surface area contributed by atoms with Crippen LogP contribution in [-0.2, 0) is 25.3 Å². The average molecular weight is 487 g/mol. The Bertz CT molecular complexity index is 1000. The van der Waals surface area contributed by atoms with E-state index >= 15 is 0 Å². The number of hydrogen-bond donors (Lipinski definition) is 2. The summed E-state index contributed by atoms with van der Waals surface area (Å²) in [6.07, 6.45) is 4.14. The lowest BCUT2D eigenvalue weighted by molar-refractivity contribution is -0.237. The highest BCUT2D eigenvalue weighted by Gasteiger charge is 2.53. The smallest absolute Gasteiger partial charge is 0.241 e. The quantitative estimate of drug-likeness (QED) is 0.239. The maximum absolute atomic E-state index is 13.4. The second-order valence-corrected chi connectivity index (χ2v) is 10.2. The maximum Gasteiger partial charge on any atom is 0.241 e. The molecule has 5 rings (SSSR count). The van der Waals surface area contributed by atoms with Gasteiger partial charge in [-0.05, 0) is 55.4 Å². The Morgan fingerprint density at radius 1 is 1.38 bits per heavy atom. The van der Waals surface area contributed by atoms with Gasteiger partial charge in [0.05, 0.1) is 36.2 Å². The molecule has 3 N–H and O–H groups in total. The summed E-state index contributed by atoms with van der Waals surface area (Å²) in [6.45, 7) is 1.66. The van der Waals surface area contributed by atoms with E-state index in [1.165, 1.54) is 11.1 Å². The molecule has 0 saturated carbocycles. The van der Waals surface area contributed by atoms with E-state index in [1.54, 1.807) is 11.9 Å². The summed E-state index contributed by atoms with van der Waals surface area (Å²) in [5.74, 6) is -0.0485. The highest BCUT2D eigenvalue weighted by molar-refractivity contribution is 7.94. The molecule has 0 spiro atoms. The van der Waals surface area contributed by atoms with Crippen molar-refractivity contribution < 1.29 is 18.9 Å². The Morgan fingerprint density at radius 3 is 3.00 bits per heavy atom. The first-order chi connectivity index (χ1) is 16.5. The molecule has 1 aliphatic carbocycles. The fourth-order valence-corrected chi connectivity index (χ4v) is 6.51. The average Bonchev–Trinajstić information content (AvgIpc) is 3.61. The SMILES string of the molecule is CNOOSc1ccc2c(c1)CC[C@H]2N1C(=O)[C@H]2C[C@@H]1CN2C[C@H](N)C(=O)N1CCC[C@H]1C#N. The van der Waals surface area contributed by atoms with E-state index in [0.717, 1.165) is 49.2 Å². The number of hydrogen-bond acceptors (Lipinski definition) is 9. The molecule has 11 heteroatoms. The zero-order valence-electron chi connectivity index (χ0n) is 19.2. The molecule has 182 valence electrons. The minimum Gasteiger partial charge on any atom is -0.330 e. The Morgan fingerprint density at radius 2 is 2.24 bits per heavy atom. The summed E-state index contributed by atoms with van der Waals surface area (Å²) in [6, 6.07) is 7.28. The molecule has 2 bridgehead atoms. The van der Waals surface area contributed by atoms with Gasteiger partial charge in [-0.2, -0.15) is 10.7 Å². The van der Waals surface area contributed by atoms with E-state index < -0.39 is 6.04 Å². The monoisotopic (exact) mass is 486 g/mol. The molecule has 0 aromatic heterocycles. The number of likely N-dealkylation sites (tertiary alicyclic amines) is 3. The maximum atomic E-state index is 13.4. The van der Waals surface area contributed by atoms with Crippen molar-refractivity contribution in [3.8, 4) is 6.07 Å². The summed E-state index contributed by atoms with van der Waals surface area (Å²) in [4.78, 5) is 37.6. The molecule has 3 fully saturated rings. The van der Waals surface area contributed by atoms with E-state index in [4.69, 9.17) is 15.1 Å². The molecule has 1 aromatic rings. The van der Waals surface area contributed by atoms with Gasteiger partial charge in [-0.15, -0.1) is 9.32 Å². The lowest BCUT2D eigenvalue weighted by atomic mass is 10.1. The van der Waals surface area contributed by atoms with Crippen LogP contribution in [0.2, 0.25) is 0 Å². The van der Waals surface area contributed by atoms with Crippen LogP contribution < -0.4 is 11.2 Å². The number of carbonyl (C=O) groups is 2. The molecule has 4 aliphatic rings. The van der Waals surface area contributed by atoms with Crippen LogP contribution >= 0.6 is 12.0 Å². The molecule has 0 radical (unpaired) electrons. The number of piperazine rings is 1. The van der Waals surface area contributed by atoms with Crippen molar-refractivity contribution >= 4 is 23.9 Å². The van der Waals surface area contributed by atoms with Gasteiger partial charge in [0.25, 0.3) is 0 Å². The standard InChI is InChI=1S/C23H30N6O4S/c1-26-32-33-34-17-5-6-18-14(9-17)4-7-20(18)29-16-10-21(23(29)31)27(12-16)13-19(25)22(30)28-8-2-3-15(28)11-24/h5-6,9,15-16,19-21,26H,2-4,7-8,10,12-13,25H2,1H3/t15-,16+,19-,20+,21+/m0/s1. The molecule has 3 saturated heterocycles. The number of nitrogens with zero attached hydrogens (tertiary/aromatic N) is 4. The number of nitrogens with one attached hydrogen (secondary N) is 1. The topological polar surface area (TPSA) is 124 Å². The number of rotatable bonds is 8. The van der Waals surface area contributed by atoms with Gasteiger partial charge in [-0.3, -0.25) is 14.5 Å². The van der Waals surface area contributed by atoms with Gasteiger partial charge in [0.2, 0.25) is 11.8 Å². The second kappa shape index (κ2) is 9.81. The summed E-state index contributed by atoms with van der Waals surface area (Å²) >= 11 is 1.14. The lowest BCUT2D eigenvalue weighted by Gasteiger charge is -2.38. The minimum absolute atomic E-state index is 0.0875. The van der Waals surface area contributed by atoms with Crippen molar-refractivity contribution in [3.63, 3.8) is 0 Å². The number of aryl methyl sites for hydroxylation is 1. The van der Waals surface area contributed by atoms with Gasteiger partial charge in [-0.25, -0.2) is 0 Å². The molecule has 10 nitrogen and oxygen atoms in total. The van der Waals surface area contributed by atoms with Crippen LogP contribution in [0.1, 0.15) is 42.9 Å². The fraction of sp³-hybridized carbons (Fsp3) is 0.609. The first-order valence-electron chi connectivity index (χ1n) is 11.8. The van der Waals surface area contributed by atoms with Crippen LogP contribution in [0.5, 0.6) is 0 Å². The van der Waals surface area contributed by atoms with Crippen LogP contribution in [0.3, 0.4) is 0 Å². The zero-order chi connectivity index (χ0) is 23.8. The van der Waals surface area contributed by atoms with Crippen molar-refractivity contribution in [1.29, 1.82) is 5.26 Å². The molecular weight excluding hydrogens is 456 g/mol. The number of benzene rings is 1. The van der Waals surface area contributed by atoms with E-state index in [0.29, 0.717) is 19.5 Å². The van der Waals surface area contributed by atoms with Crippen LogP contribution in [0, 0.1) is 11.3 Å². The number of hydroxylamine groups is 1. The number of amides is 2. The predicted molar refractivity (Wildman–Crippen MR) is 124 cm³/mol. The Balaban J connectivity index is 1.21. The van der Waals surface area contributed by atoms with Crippen molar-refractivity contribution in [1.82, 2.24) is 20.2 Å². The first-order valence-corrected chi connectivity index (χ1v) is 12.6. The third kappa shape index (κ3) is 4.19. The lowest BCUT2D eigenvalue weighted by Crippen LogP contribution is -2.56. The van der Waals surface area contributed by atoms with Crippen LogP contribution in [-0.4, -0.2) is 77.4 Å². The van der Waals surface area contributed by atoms with E-state index in [-0.39, 0.29) is 36.0 Å². The molecule has 3 aliphatic heterocycles. The van der Waals surface area contributed by atoms with Crippen LogP contribution in [0.4, 0.5) is 0 Å². The Kier molecular flexibility index (Phi) is 6.79. The molecule has 3 heterocycles. The molecule has 34 heavy (non-hydrogen) atoms. The van der Waals surface area contributed by atoms with Gasteiger partial charge in [0.15, 0.2) is 0 Å². The zero-order valence-corrected chi connectivity index (χ0v) is 20.0. The van der Waals surface area contributed by atoms with Crippen LogP contribution in [0.15, 0.2) is 23.1 Å². The molecule has 0 unspecified atom stereocenters. The highest BCUT2D eigenvalue weighted by atomic mass is 32.2. The predicted octanol–water partition coefficient (Wildman–Crippen LogP) is 0.891. The third-order valence-electron chi connectivity index (χ3n) is 7.49. The van der Waals surface area contributed by atoms with Gasteiger partial charge in [0, 0.05) is 37.6 Å².